The molecule has 4 heteroatoms. The van der Waals surface area contributed by atoms with E-state index in [0.29, 0.717) is 0 Å². The molecule has 0 aliphatic heterocycles. The number of fused-ring (bicyclic) bond motifs is 2. The van der Waals surface area contributed by atoms with Crippen LogP contribution in [0.3, 0.4) is 0 Å². The maximum Gasteiger partial charge on any atom is 0.0671 e. The van der Waals surface area contributed by atoms with Crippen LogP contribution in [0.15, 0.2) is 54.7 Å². The van der Waals surface area contributed by atoms with Crippen molar-refractivity contribution in [1.82, 2.24) is 10.2 Å². The van der Waals surface area contributed by atoms with Crippen LogP contribution in [0.4, 0.5) is 5.69 Å². The molecule has 0 saturated carbocycles. The molecule has 4 aromatic rings. The van der Waals surface area contributed by atoms with E-state index in [1.807, 2.05) is 29.7 Å². The van der Waals surface area contributed by atoms with Gasteiger partial charge in [-0.05, 0) is 36.6 Å². The van der Waals surface area contributed by atoms with Crippen LogP contribution in [0.2, 0.25) is 0 Å². The number of nitrogens with zero attached hydrogens (tertiary/aromatic N) is 1. The summed E-state index contributed by atoms with van der Waals surface area (Å²) in [6.07, 6.45) is 1.87. The Morgan fingerprint density at radius 1 is 1.14 bits per heavy atom. The molecular formula is C17H15N3S. The van der Waals surface area contributed by atoms with Gasteiger partial charge in [-0.15, -0.1) is 11.3 Å². The van der Waals surface area contributed by atoms with Crippen molar-refractivity contribution in [1.29, 1.82) is 0 Å². The number of hydrogen-bond acceptors (Lipinski definition) is 3. The summed E-state index contributed by atoms with van der Waals surface area (Å²) in [5.41, 5.74) is 2.18. The second-order valence-electron chi connectivity index (χ2n) is 5.19. The Morgan fingerprint density at radius 3 is 2.95 bits per heavy atom. The number of thiophene rings is 1. The fourth-order valence-corrected chi connectivity index (χ4v) is 3.68. The Kier molecular flexibility index (Phi) is 2.89. The minimum absolute atomic E-state index is 0.267. The van der Waals surface area contributed by atoms with Crippen LogP contribution in [0.1, 0.15) is 17.8 Å². The Bertz CT molecular complexity index is 873. The first-order chi connectivity index (χ1) is 10.3. The lowest BCUT2D eigenvalue weighted by Gasteiger charge is -2.14. The lowest BCUT2D eigenvalue weighted by Crippen LogP contribution is -2.04. The Morgan fingerprint density at radius 2 is 2.05 bits per heavy atom. The van der Waals surface area contributed by atoms with Crippen molar-refractivity contribution >= 4 is 38.0 Å². The predicted octanol–water partition coefficient (Wildman–Crippen LogP) is 4.95. The molecule has 0 aliphatic carbocycles. The number of rotatable bonds is 3. The molecule has 104 valence electrons. The van der Waals surface area contributed by atoms with Crippen LogP contribution in [-0.2, 0) is 0 Å². The molecule has 0 amide bonds. The minimum atomic E-state index is 0.267. The monoisotopic (exact) mass is 293 g/mol. The van der Waals surface area contributed by atoms with Gasteiger partial charge in [-0.2, -0.15) is 5.10 Å². The molecular weight excluding hydrogens is 278 g/mol. The summed E-state index contributed by atoms with van der Waals surface area (Å²) in [7, 11) is 0. The molecule has 1 unspecified atom stereocenters. The van der Waals surface area contributed by atoms with E-state index in [2.05, 4.69) is 58.8 Å². The molecule has 0 aliphatic rings. The number of H-pyrrole nitrogens is 1. The van der Waals surface area contributed by atoms with Crippen LogP contribution >= 0.6 is 11.3 Å². The zero-order chi connectivity index (χ0) is 14.2. The van der Waals surface area contributed by atoms with Gasteiger partial charge in [-0.1, -0.05) is 24.3 Å². The van der Waals surface area contributed by atoms with Crippen molar-refractivity contribution in [3.8, 4) is 0 Å². The van der Waals surface area contributed by atoms with E-state index in [9.17, 15) is 0 Å². The lowest BCUT2D eigenvalue weighted by atomic mass is 10.2. The zero-order valence-corrected chi connectivity index (χ0v) is 12.4. The van der Waals surface area contributed by atoms with E-state index in [1.54, 1.807) is 0 Å². The third kappa shape index (κ3) is 2.17. The molecule has 0 radical (unpaired) electrons. The second-order valence-corrected chi connectivity index (χ2v) is 6.30. The zero-order valence-electron chi connectivity index (χ0n) is 11.6. The quantitative estimate of drug-likeness (QED) is 0.561. The molecule has 3 nitrogen and oxygen atoms in total. The van der Waals surface area contributed by atoms with Gasteiger partial charge in [0.1, 0.15) is 0 Å². The lowest BCUT2D eigenvalue weighted by molar-refractivity contribution is 0.911. The molecule has 0 bridgehead atoms. The van der Waals surface area contributed by atoms with E-state index >= 15 is 0 Å². The Hall–Kier alpha value is -2.33. The number of anilines is 1. The van der Waals surface area contributed by atoms with E-state index in [1.165, 1.54) is 15.0 Å². The summed E-state index contributed by atoms with van der Waals surface area (Å²) in [6, 6.07) is 17.2. The van der Waals surface area contributed by atoms with E-state index in [-0.39, 0.29) is 6.04 Å². The number of aromatic amines is 1. The normalized spacial score (nSPS) is 12.8. The van der Waals surface area contributed by atoms with Crippen LogP contribution in [0.5, 0.6) is 0 Å². The maximum absolute atomic E-state index is 4.11. The summed E-state index contributed by atoms with van der Waals surface area (Å²) >= 11 is 1.85. The van der Waals surface area contributed by atoms with E-state index < -0.39 is 0 Å². The van der Waals surface area contributed by atoms with Crippen LogP contribution in [0.25, 0.3) is 21.0 Å². The van der Waals surface area contributed by atoms with Crippen molar-refractivity contribution in [3.63, 3.8) is 0 Å². The first-order valence-electron chi connectivity index (χ1n) is 6.98. The topological polar surface area (TPSA) is 40.7 Å². The van der Waals surface area contributed by atoms with Crippen molar-refractivity contribution in [2.75, 3.05) is 5.32 Å². The largest absolute Gasteiger partial charge is 0.377 e. The molecule has 0 fully saturated rings. The van der Waals surface area contributed by atoms with E-state index in [0.717, 1.165) is 16.6 Å². The van der Waals surface area contributed by atoms with Gasteiger partial charge >= 0.3 is 0 Å². The highest BCUT2D eigenvalue weighted by molar-refractivity contribution is 7.19. The number of hydrogen-bond donors (Lipinski definition) is 2. The maximum atomic E-state index is 4.11. The molecule has 2 aromatic carbocycles. The van der Waals surface area contributed by atoms with Crippen molar-refractivity contribution in [3.05, 3.63) is 59.6 Å². The summed E-state index contributed by atoms with van der Waals surface area (Å²) < 4.78 is 1.34. The van der Waals surface area contributed by atoms with E-state index in [4.69, 9.17) is 0 Å². The highest BCUT2D eigenvalue weighted by Gasteiger charge is 2.11. The van der Waals surface area contributed by atoms with Crippen LogP contribution in [-0.4, -0.2) is 10.2 Å². The Labute approximate surface area is 126 Å². The van der Waals surface area contributed by atoms with Gasteiger partial charge in [-0.3, -0.25) is 5.10 Å². The molecule has 2 aromatic heterocycles. The average Bonchev–Trinajstić information content (AvgIpc) is 3.14. The molecule has 0 saturated heterocycles. The number of nitrogens with one attached hydrogen (secondary N) is 2. The van der Waals surface area contributed by atoms with Crippen LogP contribution < -0.4 is 5.32 Å². The van der Waals surface area contributed by atoms with Crippen molar-refractivity contribution in [2.45, 2.75) is 13.0 Å². The predicted molar refractivity (Wildman–Crippen MR) is 90.0 cm³/mol. The van der Waals surface area contributed by atoms with Gasteiger partial charge in [0, 0.05) is 20.7 Å². The van der Waals surface area contributed by atoms with Gasteiger partial charge < -0.3 is 5.32 Å². The first kappa shape index (κ1) is 12.4. The van der Waals surface area contributed by atoms with Crippen molar-refractivity contribution < 1.29 is 0 Å². The summed E-state index contributed by atoms with van der Waals surface area (Å²) in [5.74, 6) is 0. The van der Waals surface area contributed by atoms with Crippen LogP contribution in [0, 0.1) is 0 Å². The van der Waals surface area contributed by atoms with Gasteiger partial charge in [0.05, 0.1) is 17.8 Å². The molecule has 4 rings (SSSR count). The molecule has 2 N–H and O–H groups in total. The number of benzene rings is 2. The SMILES string of the molecule is CC(Nc1cccc2[nH]ncc12)c1cc2ccccc2s1. The average molecular weight is 293 g/mol. The van der Waals surface area contributed by atoms with Gasteiger partial charge in [0.2, 0.25) is 0 Å². The van der Waals surface area contributed by atoms with Gasteiger partial charge in [0.15, 0.2) is 0 Å². The molecule has 21 heavy (non-hydrogen) atoms. The summed E-state index contributed by atoms with van der Waals surface area (Å²) in [6.45, 7) is 2.20. The molecule has 2 heterocycles. The molecule has 0 spiro atoms. The van der Waals surface area contributed by atoms with Gasteiger partial charge in [0.25, 0.3) is 0 Å². The third-order valence-electron chi connectivity index (χ3n) is 3.73. The highest BCUT2D eigenvalue weighted by Crippen LogP contribution is 2.32. The fraction of sp³-hybridized carbons (Fsp3) is 0.118. The van der Waals surface area contributed by atoms with Gasteiger partial charge in [-0.25, -0.2) is 0 Å². The standard InChI is InChI=1S/C17H15N3S/c1-11(17-9-12-5-2-3-8-16(12)21-17)19-14-6-4-7-15-13(14)10-18-20-15/h2-11,19H,1H3,(H,18,20). The molecule has 1 atom stereocenters. The number of aromatic nitrogens is 2. The highest BCUT2D eigenvalue weighted by atomic mass is 32.1. The smallest absolute Gasteiger partial charge is 0.0671 e. The summed E-state index contributed by atoms with van der Waals surface area (Å²) in [4.78, 5) is 1.34. The first-order valence-corrected chi connectivity index (χ1v) is 7.80. The Balaban J connectivity index is 1.68. The van der Waals surface area contributed by atoms with Crippen molar-refractivity contribution in [2.24, 2.45) is 0 Å². The summed E-state index contributed by atoms with van der Waals surface area (Å²) in [5, 5.41) is 13.2. The second kappa shape index (κ2) is 4.90. The third-order valence-corrected chi connectivity index (χ3v) is 5.03. The fourth-order valence-electron chi connectivity index (χ4n) is 2.61. The minimum Gasteiger partial charge on any atom is -0.377 e.